The summed E-state index contributed by atoms with van der Waals surface area (Å²) in [5.41, 5.74) is 5.77. The molecule has 0 saturated heterocycles. The van der Waals surface area contributed by atoms with Crippen LogP contribution in [0.2, 0.25) is 0 Å². The summed E-state index contributed by atoms with van der Waals surface area (Å²) in [6.07, 6.45) is -0.201. The van der Waals surface area contributed by atoms with Crippen molar-refractivity contribution in [2.45, 2.75) is 26.9 Å². The molecule has 1 aromatic rings. The summed E-state index contributed by atoms with van der Waals surface area (Å²) in [6.45, 7) is 5.72. The van der Waals surface area contributed by atoms with E-state index in [1.807, 2.05) is 20.8 Å². The van der Waals surface area contributed by atoms with E-state index >= 15 is 0 Å². The van der Waals surface area contributed by atoms with Gasteiger partial charge in [-0.2, -0.15) is 0 Å². The third-order valence-corrected chi connectivity index (χ3v) is 2.52. The minimum Gasteiger partial charge on any atom is -0.505 e. The summed E-state index contributed by atoms with van der Waals surface area (Å²) in [5, 5.41) is 9.59. The third-order valence-electron chi connectivity index (χ3n) is 2.52. The summed E-state index contributed by atoms with van der Waals surface area (Å²) in [4.78, 5) is 11.7. The fourth-order valence-corrected chi connectivity index (χ4v) is 1.09. The fourth-order valence-electron chi connectivity index (χ4n) is 1.09. The molecule has 0 saturated carbocycles. The summed E-state index contributed by atoms with van der Waals surface area (Å²) in [5.74, 6) is -0.540. The Bertz CT molecular complexity index is 388. The number of carbonyl (C=O) groups is 1. The van der Waals surface area contributed by atoms with Crippen molar-refractivity contribution in [1.29, 1.82) is 0 Å². The zero-order valence-corrected chi connectivity index (χ0v) is 9.73. The van der Waals surface area contributed by atoms with Gasteiger partial charge in [-0.05, 0) is 25.0 Å². The lowest BCUT2D eigenvalue weighted by Gasteiger charge is -2.17. The maximum absolute atomic E-state index is 11.7. The summed E-state index contributed by atoms with van der Waals surface area (Å²) < 4.78 is 5.18. The molecule has 1 atom stereocenters. The first-order valence-corrected chi connectivity index (χ1v) is 5.22. The van der Waals surface area contributed by atoms with E-state index in [-0.39, 0.29) is 29.0 Å². The number of nitrogen functional groups attached to an aromatic ring is 1. The first-order chi connectivity index (χ1) is 7.43. The molecule has 0 fully saturated rings. The van der Waals surface area contributed by atoms with Gasteiger partial charge < -0.3 is 15.6 Å². The lowest BCUT2D eigenvalue weighted by atomic mass is 10.1. The number of para-hydroxylation sites is 1. The second-order valence-electron chi connectivity index (χ2n) is 4.10. The highest BCUT2D eigenvalue weighted by Crippen LogP contribution is 2.25. The molecule has 4 nitrogen and oxygen atoms in total. The van der Waals surface area contributed by atoms with Gasteiger partial charge in [0.1, 0.15) is 11.7 Å². The van der Waals surface area contributed by atoms with Crippen LogP contribution < -0.4 is 5.73 Å². The number of rotatable bonds is 3. The van der Waals surface area contributed by atoms with Crippen molar-refractivity contribution in [2.75, 3.05) is 5.73 Å². The smallest absolute Gasteiger partial charge is 0.342 e. The third kappa shape index (κ3) is 2.66. The summed E-state index contributed by atoms with van der Waals surface area (Å²) in [6, 6.07) is 4.62. The number of hydrogen-bond donors (Lipinski definition) is 2. The highest BCUT2D eigenvalue weighted by molar-refractivity contribution is 5.94. The number of esters is 1. The Morgan fingerprint density at radius 3 is 2.56 bits per heavy atom. The molecular weight excluding hydrogens is 206 g/mol. The number of carbonyl (C=O) groups excluding carboxylic acids is 1. The first kappa shape index (κ1) is 12.4. The van der Waals surface area contributed by atoms with Gasteiger partial charge in [0.25, 0.3) is 0 Å². The molecule has 0 spiro atoms. The Morgan fingerprint density at radius 1 is 1.38 bits per heavy atom. The van der Waals surface area contributed by atoms with Crippen molar-refractivity contribution in [1.82, 2.24) is 0 Å². The molecule has 0 aliphatic carbocycles. The quantitative estimate of drug-likeness (QED) is 0.468. The molecule has 0 aliphatic heterocycles. The molecule has 1 aromatic carbocycles. The van der Waals surface area contributed by atoms with Gasteiger partial charge in [-0.1, -0.05) is 19.9 Å². The van der Waals surface area contributed by atoms with Crippen LogP contribution in [0.25, 0.3) is 0 Å². The number of phenolic OH excluding ortho intramolecular Hbond substituents is 1. The van der Waals surface area contributed by atoms with Gasteiger partial charge in [0, 0.05) is 0 Å². The molecule has 0 bridgehead atoms. The molecular formula is C12H17NO3. The van der Waals surface area contributed by atoms with Crippen LogP contribution in [0.15, 0.2) is 18.2 Å². The van der Waals surface area contributed by atoms with Crippen LogP contribution in [0.3, 0.4) is 0 Å². The van der Waals surface area contributed by atoms with Crippen molar-refractivity contribution >= 4 is 11.7 Å². The molecule has 3 N–H and O–H groups in total. The number of phenols is 1. The van der Waals surface area contributed by atoms with Crippen molar-refractivity contribution in [3.63, 3.8) is 0 Å². The molecule has 88 valence electrons. The second-order valence-corrected chi connectivity index (χ2v) is 4.10. The van der Waals surface area contributed by atoms with Crippen molar-refractivity contribution in [2.24, 2.45) is 5.92 Å². The highest BCUT2D eigenvalue weighted by Gasteiger charge is 2.18. The average Bonchev–Trinajstić information content (AvgIpc) is 2.21. The molecule has 16 heavy (non-hydrogen) atoms. The maximum Gasteiger partial charge on any atom is 0.342 e. The standard InChI is InChI=1S/C12H17NO3/c1-7(2)8(3)16-12(15)9-5-4-6-10(13)11(9)14/h4-8,14H,13H2,1-3H3. The van der Waals surface area contributed by atoms with Crippen molar-refractivity contribution in [3.05, 3.63) is 23.8 Å². The highest BCUT2D eigenvalue weighted by atomic mass is 16.5. The Labute approximate surface area is 95.0 Å². The number of hydrogen-bond acceptors (Lipinski definition) is 4. The molecule has 0 amide bonds. The van der Waals surface area contributed by atoms with Gasteiger partial charge in [0.2, 0.25) is 0 Å². The van der Waals surface area contributed by atoms with Crippen LogP contribution in [0.5, 0.6) is 5.75 Å². The Morgan fingerprint density at radius 2 is 2.00 bits per heavy atom. The van der Waals surface area contributed by atoms with Crippen LogP contribution in [0.1, 0.15) is 31.1 Å². The predicted octanol–water partition coefficient (Wildman–Crippen LogP) is 2.18. The normalized spacial score (nSPS) is 12.5. The Kier molecular flexibility index (Phi) is 3.77. The molecule has 4 heteroatoms. The molecule has 0 heterocycles. The van der Waals surface area contributed by atoms with E-state index in [0.29, 0.717) is 0 Å². The van der Waals surface area contributed by atoms with E-state index in [9.17, 15) is 9.90 Å². The van der Waals surface area contributed by atoms with E-state index in [1.165, 1.54) is 12.1 Å². The molecule has 0 aliphatic rings. The summed E-state index contributed by atoms with van der Waals surface area (Å²) in [7, 11) is 0. The van der Waals surface area contributed by atoms with E-state index in [1.54, 1.807) is 6.07 Å². The predicted molar refractivity (Wildman–Crippen MR) is 62.2 cm³/mol. The van der Waals surface area contributed by atoms with E-state index in [4.69, 9.17) is 10.5 Å². The minimum atomic E-state index is -0.550. The summed E-state index contributed by atoms with van der Waals surface area (Å²) >= 11 is 0. The van der Waals surface area contributed by atoms with Gasteiger partial charge >= 0.3 is 5.97 Å². The van der Waals surface area contributed by atoms with E-state index in [0.717, 1.165) is 0 Å². The second kappa shape index (κ2) is 4.88. The van der Waals surface area contributed by atoms with Crippen LogP contribution >= 0.6 is 0 Å². The number of anilines is 1. The zero-order chi connectivity index (χ0) is 12.3. The van der Waals surface area contributed by atoms with Crippen LogP contribution in [0.4, 0.5) is 5.69 Å². The zero-order valence-electron chi connectivity index (χ0n) is 9.73. The first-order valence-electron chi connectivity index (χ1n) is 5.22. The number of benzene rings is 1. The largest absolute Gasteiger partial charge is 0.505 e. The molecule has 0 radical (unpaired) electrons. The van der Waals surface area contributed by atoms with E-state index < -0.39 is 5.97 Å². The number of nitrogens with two attached hydrogens (primary N) is 1. The van der Waals surface area contributed by atoms with Crippen LogP contribution in [-0.2, 0) is 4.74 Å². The Balaban J connectivity index is 2.85. The maximum atomic E-state index is 11.7. The lowest BCUT2D eigenvalue weighted by molar-refractivity contribution is 0.0235. The topological polar surface area (TPSA) is 72.5 Å². The van der Waals surface area contributed by atoms with Gasteiger partial charge in [0.05, 0.1) is 5.69 Å². The van der Waals surface area contributed by atoms with Gasteiger partial charge in [-0.3, -0.25) is 0 Å². The van der Waals surface area contributed by atoms with Crippen LogP contribution in [0, 0.1) is 5.92 Å². The lowest BCUT2D eigenvalue weighted by Crippen LogP contribution is -2.20. The van der Waals surface area contributed by atoms with Crippen molar-refractivity contribution in [3.8, 4) is 5.75 Å². The number of aromatic hydroxyl groups is 1. The monoisotopic (exact) mass is 223 g/mol. The van der Waals surface area contributed by atoms with Crippen molar-refractivity contribution < 1.29 is 14.6 Å². The number of ether oxygens (including phenoxy) is 1. The molecule has 1 rings (SSSR count). The molecule has 0 aromatic heterocycles. The van der Waals surface area contributed by atoms with Gasteiger partial charge in [-0.15, -0.1) is 0 Å². The average molecular weight is 223 g/mol. The van der Waals surface area contributed by atoms with Crippen LogP contribution in [-0.4, -0.2) is 17.2 Å². The molecule has 1 unspecified atom stereocenters. The Hall–Kier alpha value is -1.71. The SMILES string of the molecule is CC(C)C(C)OC(=O)c1cccc(N)c1O. The van der Waals surface area contributed by atoms with E-state index in [2.05, 4.69) is 0 Å². The fraction of sp³-hybridized carbons (Fsp3) is 0.417. The van der Waals surface area contributed by atoms with Gasteiger partial charge in [-0.25, -0.2) is 4.79 Å². The minimum absolute atomic E-state index is 0.104. The van der Waals surface area contributed by atoms with Gasteiger partial charge in [0.15, 0.2) is 5.75 Å².